The molecule has 1 aliphatic carbocycles. The topological polar surface area (TPSA) is 38.7 Å². The average Bonchev–Trinajstić information content (AvgIpc) is 2.87. The molecule has 0 saturated heterocycles. The first kappa shape index (κ1) is 19.0. The Morgan fingerprint density at radius 1 is 1.36 bits per heavy atom. The van der Waals surface area contributed by atoms with E-state index in [9.17, 15) is 4.79 Å². The summed E-state index contributed by atoms with van der Waals surface area (Å²) in [5, 5.41) is 4.60. The Morgan fingerprint density at radius 3 is 2.76 bits per heavy atom. The molecule has 3 rings (SSSR count). The zero-order valence-corrected chi connectivity index (χ0v) is 18.0. The molecule has 25 heavy (non-hydrogen) atoms. The van der Waals surface area contributed by atoms with E-state index in [0.29, 0.717) is 10.6 Å². The molecule has 1 aromatic heterocycles. The van der Waals surface area contributed by atoms with Crippen LogP contribution >= 0.6 is 50.6 Å². The molecule has 1 aromatic carbocycles. The molecule has 3 nitrogen and oxygen atoms in total. The minimum absolute atomic E-state index is 0.0574. The Hall–Kier alpha value is -0.820. The molecule has 132 valence electrons. The largest absolute Gasteiger partial charge is 0.367 e. The van der Waals surface area contributed by atoms with E-state index >= 15 is 0 Å². The molecule has 0 N–H and O–H groups in total. The van der Waals surface area contributed by atoms with Crippen molar-refractivity contribution in [3.8, 4) is 0 Å². The van der Waals surface area contributed by atoms with Gasteiger partial charge in [-0.05, 0) is 58.1 Å². The number of carbonyl (C=O) groups is 1. The summed E-state index contributed by atoms with van der Waals surface area (Å²) in [6, 6.07) is 6.82. The van der Waals surface area contributed by atoms with E-state index in [1.54, 1.807) is 47.4 Å². The van der Waals surface area contributed by atoms with Gasteiger partial charge in [-0.25, -0.2) is 4.79 Å². The number of nitrogens with zero attached hydrogens (tertiary/aromatic N) is 1. The Balaban J connectivity index is 1.95. The van der Waals surface area contributed by atoms with Crippen molar-refractivity contribution in [1.82, 2.24) is 0 Å². The van der Waals surface area contributed by atoms with Crippen LogP contribution in [-0.2, 0) is 11.3 Å². The highest BCUT2D eigenvalue weighted by molar-refractivity contribution is 9.11. The van der Waals surface area contributed by atoms with Crippen molar-refractivity contribution in [2.75, 3.05) is 6.26 Å². The van der Waals surface area contributed by atoms with Crippen molar-refractivity contribution in [2.24, 2.45) is 10.6 Å². The fourth-order valence-electron chi connectivity index (χ4n) is 2.94. The van der Waals surface area contributed by atoms with Gasteiger partial charge in [0.15, 0.2) is 0 Å². The molecular weight excluding hydrogens is 442 g/mol. The number of fused-ring (bicyclic) bond motifs is 1. The van der Waals surface area contributed by atoms with Crippen LogP contribution < -0.4 is 0 Å². The number of carbonyl (C=O) groups excluding carboxylic acids is 1. The molecule has 2 aromatic rings. The molecule has 0 amide bonds. The second-order valence-corrected chi connectivity index (χ2v) is 10.5. The van der Waals surface area contributed by atoms with E-state index in [2.05, 4.69) is 34.9 Å². The van der Waals surface area contributed by atoms with E-state index in [4.69, 9.17) is 16.4 Å². The van der Waals surface area contributed by atoms with Crippen LogP contribution in [0.1, 0.15) is 41.8 Å². The van der Waals surface area contributed by atoms with Crippen LogP contribution in [-0.4, -0.2) is 17.9 Å². The first-order valence-electron chi connectivity index (χ1n) is 7.70. The number of thioether (sulfide) groups is 1. The van der Waals surface area contributed by atoms with E-state index in [-0.39, 0.29) is 5.41 Å². The highest BCUT2D eigenvalue weighted by Gasteiger charge is 2.35. The molecule has 0 radical (unpaired) electrons. The second kappa shape index (κ2) is 7.43. The molecule has 0 fully saturated rings. The number of rotatable bonds is 3. The summed E-state index contributed by atoms with van der Waals surface area (Å²) in [4.78, 5) is 17.6. The second-order valence-electron chi connectivity index (χ2n) is 6.64. The molecule has 1 aliphatic rings. The molecular formula is C18H17BrClNO2S2. The van der Waals surface area contributed by atoms with Gasteiger partial charge in [-0.2, -0.15) is 0 Å². The molecule has 7 heteroatoms. The van der Waals surface area contributed by atoms with Crippen molar-refractivity contribution < 1.29 is 9.63 Å². The van der Waals surface area contributed by atoms with Crippen LogP contribution in [0.2, 0.25) is 5.02 Å². The SMILES string of the molecule is CSc1sc(Br)c2c1/C(=N\OC(=O)c1ccccc1Cl)CC(C)(C)C2. The number of hydrogen-bond donors (Lipinski definition) is 0. The fourth-order valence-corrected chi connectivity index (χ4v) is 6.13. The summed E-state index contributed by atoms with van der Waals surface area (Å²) in [6.07, 6.45) is 3.77. The maximum absolute atomic E-state index is 12.3. The predicted molar refractivity (Wildman–Crippen MR) is 109 cm³/mol. The van der Waals surface area contributed by atoms with E-state index in [1.807, 2.05) is 6.26 Å². The number of benzene rings is 1. The lowest BCUT2D eigenvalue weighted by molar-refractivity contribution is 0.0514. The first-order valence-corrected chi connectivity index (χ1v) is 10.9. The average molecular weight is 459 g/mol. The zero-order chi connectivity index (χ0) is 18.2. The zero-order valence-electron chi connectivity index (χ0n) is 14.1. The molecule has 0 saturated carbocycles. The van der Waals surface area contributed by atoms with Gasteiger partial charge in [-0.15, -0.1) is 23.1 Å². The maximum atomic E-state index is 12.3. The van der Waals surface area contributed by atoms with Crippen molar-refractivity contribution >= 4 is 62.3 Å². The highest BCUT2D eigenvalue weighted by Crippen LogP contribution is 2.46. The van der Waals surface area contributed by atoms with Gasteiger partial charge in [0.1, 0.15) is 0 Å². The Morgan fingerprint density at radius 2 is 2.08 bits per heavy atom. The molecule has 0 unspecified atom stereocenters. The standard InChI is InChI=1S/C18H17BrClNO2S2/c1-18(2)8-11-14(17(24-3)25-15(11)19)13(9-18)21-23-16(22)10-6-4-5-7-12(10)20/h4-7H,8-9H2,1-3H3/b21-13-. The smallest absolute Gasteiger partial charge is 0.312 e. The summed E-state index contributed by atoms with van der Waals surface area (Å²) in [7, 11) is 0. The monoisotopic (exact) mass is 457 g/mol. The molecule has 0 atom stereocenters. The molecule has 0 bridgehead atoms. The van der Waals surface area contributed by atoms with Gasteiger partial charge in [0.05, 0.1) is 24.3 Å². The van der Waals surface area contributed by atoms with Gasteiger partial charge in [0, 0.05) is 5.56 Å². The number of oxime groups is 1. The van der Waals surface area contributed by atoms with E-state index < -0.39 is 5.97 Å². The molecule has 1 heterocycles. The third kappa shape index (κ3) is 3.97. The van der Waals surface area contributed by atoms with Crippen molar-refractivity contribution in [3.63, 3.8) is 0 Å². The fraction of sp³-hybridized carbons (Fsp3) is 0.333. The Labute approximate surface area is 168 Å². The summed E-state index contributed by atoms with van der Waals surface area (Å²) >= 11 is 13.1. The Bertz CT molecular complexity index is 861. The minimum atomic E-state index is -0.539. The predicted octanol–water partition coefficient (Wildman–Crippen LogP) is 6.42. The van der Waals surface area contributed by atoms with Crippen LogP contribution in [0.25, 0.3) is 0 Å². The van der Waals surface area contributed by atoms with Crippen LogP contribution in [0, 0.1) is 5.41 Å². The number of thiophene rings is 1. The van der Waals surface area contributed by atoms with Crippen LogP contribution in [0.3, 0.4) is 0 Å². The Kier molecular flexibility index (Phi) is 5.63. The maximum Gasteiger partial charge on any atom is 0.367 e. The lowest BCUT2D eigenvalue weighted by atomic mass is 9.75. The third-order valence-electron chi connectivity index (χ3n) is 4.03. The number of halogens is 2. The molecule has 0 aliphatic heterocycles. The summed E-state index contributed by atoms with van der Waals surface area (Å²) < 4.78 is 2.31. The van der Waals surface area contributed by atoms with E-state index in [0.717, 1.165) is 27.9 Å². The van der Waals surface area contributed by atoms with Crippen molar-refractivity contribution in [3.05, 3.63) is 49.8 Å². The summed E-state index contributed by atoms with van der Waals surface area (Å²) in [5.74, 6) is -0.539. The van der Waals surface area contributed by atoms with Gasteiger partial charge in [-0.1, -0.05) is 42.7 Å². The normalized spacial score (nSPS) is 17.4. The van der Waals surface area contributed by atoms with Crippen molar-refractivity contribution in [2.45, 2.75) is 30.9 Å². The van der Waals surface area contributed by atoms with Gasteiger partial charge < -0.3 is 4.84 Å². The van der Waals surface area contributed by atoms with Gasteiger partial charge in [0.2, 0.25) is 0 Å². The lowest BCUT2D eigenvalue weighted by Crippen LogP contribution is -2.27. The summed E-state index contributed by atoms with van der Waals surface area (Å²) in [6.45, 7) is 4.40. The number of hydrogen-bond acceptors (Lipinski definition) is 5. The highest BCUT2D eigenvalue weighted by atomic mass is 79.9. The van der Waals surface area contributed by atoms with Gasteiger partial charge in [0.25, 0.3) is 0 Å². The lowest BCUT2D eigenvalue weighted by Gasteiger charge is -2.30. The van der Waals surface area contributed by atoms with Crippen LogP contribution in [0.5, 0.6) is 0 Å². The minimum Gasteiger partial charge on any atom is -0.312 e. The quantitative estimate of drug-likeness (QED) is 0.302. The van der Waals surface area contributed by atoms with Gasteiger partial charge >= 0.3 is 5.97 Å². The molecule has 0 spiro atoms. The first-order chi connectivity index (χ1) is 11.8. The van der Waals surface area contributed by atoms with Crippen LogP contribution in [0.4, 0.5) is 0 Å². The van der Waals surface area contributed by atoms with Crippen molar-refractivity contribution in [1.29, 1.82) is 0 Å². The third-order valence-corrected chi connectivity index (χ3v) is 7.47. The van der Waals surface area contributed by atoms with Gasteiger partial charge in [-0.3, -0.25) is 0 Å². The van der Waals surface area contributed by atoms with E-state index in [1.165, 1.54) is 9.77 Å². The van der Waals surface area contributed by atoms with Crippen LogP contribution in [0.15, 0.2) is 37.4 Å². The summed E-state index contributed by atoms with van der Waals surface area (Å²) in [5.41, 5.74) is 3.55.